The van der Waals surface area contributed by atoms with Crippen molar-refractivity contribution in [1.82, 2.24) is 0 Å². The number of benzene rings is 2. The summed E-state index contributed by atoms with van der Waals surface area (Å²) in [6.45, 7) is 0.336. The third-order valence-electron chi connectivity index (χ3n) is 4.11. The number of anilines is 2. The molecule has 3 rings (SSSR count). The summed E-state index contributed by atoms with van der Waals surface area (Å²) in [4.78, 5) is 0. The third kappa shape index (κ3) is 4.82. The molecule has 2 aromatic carbocycles. The van der Waals surface area contributed by atoms with E-state index in [0.717, 1.165) is 11.7 Å². The normalized spacial score (nSPS) is 15.0. The van der Waals surface area contributed by atoms with Crippen LogP contribution in [0.25, 0.3) is 6.08 Å². The van der Waals surface area contributed by atoms with Gasteiger partial charge in [0.1, 0.15) is 0 Å². The molecular formula is C18H19ClN2O4S2. The van der Waals surface area contributed by atoms with E-state index < -0.39 is 20.0 Å². The van der Waals surface area contributed by atoms with Crippen LogP contribution in [0.2, 0.25) is 5.02 Å². The molecule has 0 atom stereocenters. The second kappa shape index (κ2) is 7.53. The first-order valence-corrected chi connectivity index (χ1v) is 12.0. The molecule has 27 heavy (non-hydrogen) atoms. The Bertz CT molecular complexity index is 1080. The fourth-order valence-corrected chi connectivity index (χ4v) is 4.98. The lowest BCUT2D eigenvalue weighted by Crippen LogP contribution is -2.34. The average Bonchev–Trinajstić information content (AvgIpc) is 2.60. The van der Waals surface area contributed by atoms with Gasteiger partial charge in [0.15, 0.2) is 0 Å². The summed E-state index contributed by atoms with van der Waals surface area (Å²) in [6, 6.07) is 11.8. The summed E-state index contributed by atoms with van der Waals surface area (Å²) in [5.41, 5.74) is 2.30. The van der Waals surface area contributed by atoms with E-state index in [-0.39, 0.29) is 0 Å². The number of hydrogen-bond acceptors (Lipinski definition) is 4. The molecule has 2 aromatic rings. The first kappa shape index (κ1) is 19.7. The molecule has 6 nitrogen and oxygen atoms in total. The molecule has 1 aliphatic rings. The quantitative estimate of drug-likeness (QED) is 0.793. The molecule has 0 amide bonds. The van der Waals surface area contributed by atoms with Gasteiger partial charge in [-0.25, -0.2) is 16.8 Å². The number of hydrogen-bond donors (Lipinski definition) is 1. The molecule has 1 heterocycles. The molecule has 0 spiro atoms. The van der Waals surface area contributed by atoms with Crippen LogP contribution in [0.1, 0.15) is 17.5 Å². The Kier molecular flexibility index (Phi) is 5.50. The molecule has 0 radical (unpaired) electrons. The number of sulfonamides is 2. The minimum absolute atomic E-state index is 0.336. The van der Waals surface area contributed by atoms with Crippen LogP contribution in [0, 0.1) is 0 Å². The standard InChI is InChI=1S/C18H19ClN2O4S2/c1-26(22,23)20-17-5-2-6-18-16(17)4-3-12-21(18)27(24,25)13-11-14-7-9-15(19)10-8-14/h2,5-11,13,20H,3-4,12H2,1H3/b13-11+. The van der Waals surface area contributed by atoms with Gasteiger partial charge in [-0.05, 0) is 48.7 Å². The number of rotatable bonds is 5. The van der Waals surface area contributed by atoms with Gasteiger partial charge in [-0.3, -0.25) is 9.03 Å². The Hall–Kier alpha value is -2.03. The molecule has 1 N–H and O–H groups in total. The van der Waals surface area contributed by atoms with Crippen LogP contribution in [0.15, 0.2) is 47.9 Å². The third-order valence-corrected chi connectivity index (χ3v) is 6.43. The van der Waals surface area contributed by atoms with Crippen LogP contribution < -0.4 is 9.03 Å². The Morgan fingerprint density at radius 1 is 1.07 bits per heavy atom. The Labute approximate surface area is 164 Å². The zero-order valence-corrected chi connectivity index (χ0v) is 17.0. The monoisotopic (exact) mass is 426 g/mol. The van der Waals surface area contributed by atoms with E-state index >= 15 is 0 Å². The van der Waals surface area contributed by atoms with Crippen LogP contribution in [0.3, 0.4) is 0 Å². The lowest BCUT2D eigenvalue weighted by molar-refractivity contribution is 0.595. The van der Waals surface area contributed by atoms with E-state index in [0.29, 0.717) is 46.9 Å². The molecule has 144 valence electrons. The van der Waals surface area contributed by atoms with Crippen molar-refractivity contribution >= 4 is 49.1 Å². The van der Waals surface area contributed by atoms with Crippen molar-refractivity contribution < 1.29 is 16.8 Å². The maximum atomic E-state index is 12.9. The zero-order chi connectivity index (χ0) is 19.7. The zero-order valence-electron chi connectivity index (χ0n) is 14.6. The van der Waals surface area contributed by atoms with Crippen molar-refractivity contribution in [3.05, 3.63) is 64.0 Å². The van der Waals surface area contributed by atoms with E-state index in [9.17, 15) is 16.8 Å². The number of fused-ring (bicyclic) bond motifs is 1. The minimum atomic E-state index is -3.72. The van der Waals surface area contributed by atoms with Crippen LogP contribution >= 0.6 is 11.6 Å². The van der Waals surface area contributed by atoms with Crippen molar-refractivity contribution in [2.75, 3.05) is 21.8 Å². The van der Waals surface area contributed by atoms with Gasteiger partial charge in [0, 0.05) is 17.1 Å². The summed E-state index contributed by atoms with van der Waals surface area (Å²) >= 11 is 5.84. The fourth-order valence-electron chi connectivity index (χ4n) is 2.96. The molecule has 0 saturated heterocycles. The van der Waals surface area contributed by atoms with Gasteiger partial charge in [0.05, 0.1) is 23.0 Å². The van der Waals surface area contributed by atoms with E-state index in [1.54, 1.807) is 42.5 Å². The van der Waals surface area contributed by atoms with Gasteiger partial charge >= 0.3 is 0 Å². The molecule has 0 aliphatic carbocycles. The molecule has 0 saturated carbocycles. The second-order valence-corrected chi connectivity index (χ2v) is 10.2. The molecular weight excluding hydrogens is 408 g/mol. The van der Waals surface area contributed by atoms with E-state index in [4.69, 9.17) is 11.6 Å². The van der Waals surface area contributed by atoms with Gasteiger partial charge in [-0.15, -0.1) is 0 Å². The minimum Gasteiger partial charge on any atom is -0.283 e. The van der Waals surface area contributed by atoms with E-state index in [2.05, 4.69) is 4.72 Å². The van der Waals surface area contributed by atoms with E-state index in [1.807, 2.05) is 0 Å². The number of halogens is 1. The second-order valence-electron chi connectivity index (χ2n) is 6.25. The van der Waals surface area contributed by atoms with Crippen LogP contribution in [-0.2, 0) is 26.5 Å². The van der Waals surface area contributed by atoms with E-state index in [1.165, 1.54) is 10.4 Å². The smallest absolute Gasteiger partial charge is 0.257 e. The predicted octanol–water partition coefficient (Wildman–Crippen LogP) is 3.46. The SMILES string of the molecule is CS(=O)(=O)Nc1cccc2c1CCCN2S(=O)(=O)/C=C/c1ccc(Cl)cc1. The van der Waals surface area contributed by atoms with Crippen molar-refractivity contribution in [3.63, 3.8) is 0 Å². The average molecular weight is 427 g/mol. The highest BCUT2D eigenvalue weighted by atomic mass is 35.5. The summed E-state index contributed by atoms with van der Waals surface area (Å²) in [6.07, 6.45) is 3.78. The molecule has 1 aliphatic heterocycles. The van der Waals surface area contributed by atoms with Crippen LogP contribution in [-0.4, -0.2) is 29.6 Å². The molecule has 0 fully saturated rings. The fraction of sp³-hybridized carbons (Fsp3) is 0.222. The van der Waals surface area contributed by atoms with Crippen LogP contribution in [0.4, 0.5) is 11.4 Å². The highest BCUT2D eigenvalue weighted by molar-refractivity contribution is 7.95. The molecule has 0 aromatic heterocycles. The van der Waals surface area contributed by atoms with Gasteiger partial charge in [-0.2, -0.15) is 0 Å². The Balaban J connectivity index is 1.95. The van der Waals surface area contributed by atoms with Gasteiger partial charge in [0.25, 0.3) is 10.0 Å². The van der Waals surface area contributed by atoms with Crippen molar-refractivity contribution in [3.8, 4) is 0 Å². The van der Waals surface area contributed by atoms with Gasteiger partial charge in [-0.1, -0.05) is 29.8 Å². The number of nitrogens with zero attached hydrogens (tertiary/aromatic N) is 1. The maximum Gasteiger partial charge on any atom is 0.257 e. The van der Waals surface area contributed by atoms with Crippen molar-refractivity contribution in [2.24, 2.45) is 0 Å². The first-order chi connectivity index (χ1) is 12.7. The first-order valence-electron chi connectivity index (χ1n) is 8.22. The summed E-state index contributed by atoms with van der Waals surface area (Å²) in [5.74, 6) is 0. The topological polar surface area (TPSA) is 83.6 Å². The Morgan fingerprint density at radius 3 is 2.44 bits per heavy atom. The summed E-state index contributed by atoms with van der Waals surface area (Å²) in [5, 5.41) is 1.73. The molecule has 0 unspecified atom stereocenters. The van der Waals surface area contributed by atoms with Gasteiger partial charge < -0.3 is 0 Å². The maximum absolute atomic E-state index is 12.9. The molecule has 0 bridgehead atoms. The number of nitrogens with one attached hydrogen (secondary N) is 1. The lowest BCUT2D eigenvalue weighted by atomic mass is 10.0. The van der Waals surface area contributed by atoms with Crippen molar-refractivity contribution in [1.29, 1.82) is 0 Å². The van der Waals surface area contributed by atoms with Crippen molar-refractivity contribution in [2.45, 2.75) is 12.8 Å². The summed E-state index contributed by atoms with van der Waals surface area (Å²) < 4.78 is 52.7. The highest BCUT2D eigenvalue weighted by Crippen LogP contribution is 2.35. The Morgan fingerprint density at radius 2 is 1.78 bits per heavy atom. The largest absolute Gasteiger partial charge is 0.283 e. The van der Waals surface area contributed by atoms with Gasteiger partial charge in [0.2, 0.25) is 10.0 Å². The molecule has 9 heteroatoms. The predicted molar refractivity (Wildman–Crippen MR) is 110 cm³/mol. The van der Waals surface area contributed by atoms with Crippen LogP contribution in [0.5, 0.6) is 0 Å². The summed E-state index contributed by atoms with van der Waals surface area (Å²) in [7, 11) is -7.18. The lowest BCUT2D eigenvalue weighted by Gasteiger charge is -2.30. The highest BCUT2D eigenvalue weighted by Gasteiger charge is 2.27.